The molecule has 1 heteroatoms. The van der Waals surface area contributed by atoms with E-state index in [9.17, 15) is 0 Å². The Bertz CT molecular complexity index is 215. The Kier molecular flexibility index (Phi) is 4.96. The van der Waals surface area contributed by atoms with Crippen LogP contribution in [0.25, 0.3) is 0 Å². The molecule has 2 unspecified atom stereocenters. The third-order valence-electron chi connectivity index (χ3n) is 3.27. The first-order valence-corrected chi connectivity index (χ1v) is 5.36. The molecule has 0 aromatic heterocycles. The first kappa shape index (κ1) is 13.3. The SMILES string of the molecule is C=C(C)C(C)N(C)C(=C)C(C)C(C)C. The second-order valence-corrected chi connectivity index (χ2v) is 4.66. The van der Waals surface area contributed by atoms with Crippen LogP contribution >= 0.6 is 0 Å². The first-order chi connectivity index (χ1) is 6.29. The normalized spacial score (nSPS) is 15.1. The van der Waals surface area contributed by atoms with Crippen molar-refractivity contribution in [1.29, 1.82) is 0 Å². The molecular formula is C13H25N. The minimum absolute atomic E-state index is 0.378. The standard InChI is InChI=1S/C13H25N/c1-9(2)11(5)13(7)14(8)12(6)10(3)4/h9,11-12H,3,7H2,1-2,4-6,8H3. The molecule has 82 valence electrons. The molecule has 2 atom stereocenters. The van der Waals surface area contributed by atoms with Crippen LogP contribution in [-0.2, 0) is 0 Å². The van der Waals surface area contributed by atoms with Crippen molar-refractivity contribution in [2.45, 2.75) is 40.7 Å². The lowest BCUT2D eigenvalue weighted by Gasteiger charge is -2.33. The highest BCUT2D eigenvalue weighted by Gasteiger charge is 2.18. The van der Waals surface area contributed by atoms with Crippen LogP contribution < -0.4 is 0 Å². The van der Waals surface area contributed by atoms with E-state index in [0.29, 0.717) is 17.9 Å². The monoisotopic (exact) mass is 195 g/mol. The van der Waals surface area contributed by atoms with Crippen LogP contribution in [0.5, 0.6) is 0 Å². The fourth-order valence-electron chi connectivity index (χ4n) is 1.29. The molecule has 0 fully saturated rings. The molecule has 0 aromatic rings. The summed E-state index contributed by atoms with van der Waals surface area (Å²) in [7, 11) is 2.10. The van der Waals surface area contributed by atoms with Crippen molar-refractivity contribution in [2.75, 3.05) is 7.05 Å². The van der Waals surface area contributed by atoms with E-state index in [1.165, 1.54) is 11.3 Å². The molecular weight excluding hydrogens is 170 g/mol. The van der Waals surface area contributed by atoms with E-state index in [2.05, 4.69) is 59.7 Å². The van der Waals surface area contributed by atoms with Crippen molar-refractivity contribution in [3.8, 4) is 0 Å². The lowest BCUT2D eigenvalue weighted by molar-refractivity contribution is 0.293. The van der Waals surface area contributed by atoms with Gasteiger partial charge < -0.3 is 4.90 Å². The van der Waals surface area contributed by atoms with Gasteiger partial charge >= 0.3 is 0 Å². The Morgan fingerprint density at radius 1 is 1.07 bits per heavy atom. The quantitative estimate of drug-likeness (QED) is 0.605. The molecule has 0 rings (SSSR count). The zero-order chi connectivity index (χ0) is 11.5. The molecule has 0 aromatic carbocycles. The van der Waals surface area contributed by atoms with E-state index in [-0.39, 0.29) is 0 Å². The summed E-state index contributed by atoms with van der Waals surface area (Å²) in [6.07, 6.45) is 0. The molecule has 0 heterocycles. The van der Waals surface area contributed by atoms with E-state index in [1.807, 2.05) is 0 Å². The van der Waals surface area contributed by atoms with Gasteiger partial charge in [-0.3, -0.25) is 0 Å². The zero-order valence-electron chi connectivity index (χ0n) is 10.6. The van der Waals surface area contributed by atoms with Gasteiger partial charge in [0.15, 0.2) is 0 Å². The average Bonchev–Trinajstić information content (AvgIpc) is 2.12. The first-order valence-electron chi connectivity index (χ1n) is 5.36. The lowest BCUT2D eigenvalue weighted by atomic mass is 9.93. The van der Waals surface area contributed by atoms with Crippen molar-refractivity contribution in [1.82, 2.24) is 4.90 Å². The second-order valence-electron chi connectivity index (χ2n) is 4.66. The van der Waals surface area contributed by atoms with Crippen LogP contribution in [0.2, 0.25) is 0 Å². The highest BCUT2D eigenvalue weighted by Crippen LogP contribution is 2.23. The van der Waals surface area contributed by atoms with Gasteiger partial charge in [-0.25, -0.2) is 0 Å². The minimum atomic E-state index is 0.378. The molecule has 0 aliphatic heterocycles. The predicted octanol–water partition coefficient (Wildman–Crippen LogP) is 3.69. The number of allylic oxidation sites excluding steroid dienone is 1. The summed E-state index contributed by atoms with van der Waals surface area (Å²) in [6.45, 7) is 19.1. The summed E-state index contributed by atoms with van der Waals surface area (Å²) in [5.74, 6) is 1.17. The summed E-state index contributed by atoms with van der Waals surface area (Å²) >= 11 is 0. The summed E-state index contributed by atoms with van der Waals surface area (Å²) in [4.78, 5) is 2.23. The highest BCUT2D eigenvalue weighted by molar-refractivity contribution is 5.08. The zero-order valence-corrected chi connectivity index (χ0v) is 10.6. The van der Waals surface area contributed by atoms with Crippen LogP contribution in [0.15, 0.2) is 24.4 Å². The molecule has 14 heavy (non-hydrogen) atoms. The van der Waals surface area contributed by atoms with E-state index >= 15 is 0 Å². The lowest BCUT2D eigenvalue weighted by Crippen LogP contribution is -2.32. The van der Waals surface area contributed by atoms with Crippen LogP contribution in [-0.4, -0.2) is 18.0 Å². The molecule has 0 aliphatic carbocycles. The van der Waals surface area contributed by atoms with Gasteiger partial charge in [0.25, 0.3) is 0 Å². The summed E-state index contributed by atoms with van der Waals surface area (Å²) < 4.78 is 0. The molecule has 1 nitrogen and oxygen atoms in total. The van der Waals surface area contributed by atoms with Crippen molar-refractivity contribution < 1.29 is 0 Å². The van der Waals surface area contributed by atoms with Crippen LogP contribution in [0.1, 0.15) is 34.6 Å². The molecule has 0 amide bonds. The summed E-state index contributed by atoms with van der Waals surface area (Å²) in [6, 6.07) is 0.378. The van der Waals surface area contributed by atoms with Crippen molar-refractivity contribution in [3.63, 3.8) is 0 Å². The van der Waals surface area contributed by atoms with Crippen LogP contribution in [0.4, 0.5) is 0 Å². The maximum Gasteiger partial charge on any atom is 0.0462 e. The summed E-state index contributed by atoms with van der Waals surface area (Å²) in [5, 5.41) is 0. The molecule has 0 saturated carbocycles. The average molecular weight is 195 g/mol. The number of hydrogen-bond acceptors (Lipinski definition) is 1. The van der Waals surface area contributed by atoms with Crippen molar-refractivity contribution in [3.05, 3.63) is 24.4 Å². The molecule has 0 saturated heterocycles. The van der Waals surface area contributed by atoms with Gasteiger partial charge in [0.05, 0.1) is 0 Å². The predicted molar refractivity (Wildman–Crippen MR) is 65.2 cm³/mol. The third-order valence-corrected chi connectivity index (χ3v) is 3.27. The van der Waals surface area contributed by atoms with Crippen LogP contribution in [0, 0.1) is 11.8 Å². The number of rotatable bonds is 5. The molecule has 0 aliphatic rings. The summed E-state index contributed by atoms with van der Waals surface area (Å²) in [5.41, 5.74) is 2.39. The Morgan fingerprint density at radius 3 is 1.79 bits per heavy atom. The largest absolute Gasteiger partial charge is 0.372 e. The van der Waals surface area contributed by atoms with E-state index in [4.69, 9.17) is 0 Å². The van der Waals surface area contributed by atoms with Gasteiger partial charge in [-0.1, -0.05) is 39.5 Å². The Morgan fingerprint density at radius 2 is 1.50 bits per heavy atom. The number of hydrogen-bond donors (Lipinski definition) is 0. The van der Waals surface area contributed by atoms with Gasteiger partial charge in [0, 0.05) is 18.8 Å². The maximum atomic E-state index is 4.16. The molecule has 0 spiro atoms. The fraction of sp³-hybridized carbons (Fsp3) is 0.692. The molecule has 0 N–H and O–H groups in total. The van der Waals surface area contributed by atoms with Crippen LogP contribution in [0.3, 0.4) is 0 Å². The Labute approximate surface area is 89.5 Å². The highest BCUT2D eigenvalue weighted by atomic mass is 15.1. The van der Waals surface area contributed by atoms with E-state index in [1.54, 1.807) is 0 Å². The smallest absolute Gasteiger partial charge is 0.0462 e. The molecule has 0 radical (unpaired) electrons. The van der Waals surface area contributed by atoms with Gasteiger partial charge in [-0.05, 0) is 25.7 Å². The Balaban J connectivity index is 4.46. The van der Waals surface area contributed by atoms with Gasteiger partial charge in [0.1, 0.15) is 0 Å². The maximum absolute atomic E-state index is 4.16. The van der Waals surface area contributed by atoms with Crippen molar-refractivity contribution in [2.24, 2.45) is 11.8 Å². The third kappa shape index (κ3) is 3.21. The molecule has 0 bridgehead atoms. The van der Waals surface area contributed by atoms with Gasteiger partial charge in [0.2, 0.25) is 0 Å². The fourth-order valence-corrected chi connectivity index (χ4v) is 1.29. The van der Waals surface area contributed by atoms with E-state index in [0.717, 1.165) is 0 Å². The van der Waals surface area contributed by atoms with Gasteiger partial charge in [-0.15, -0.1) is 0 Å². The Hall–Kier alpha value is -0.720. The van der Waals surface area contributed by atoms with Gasteiger partial charge in [-0.2, -0.15) is 0 Å². The minimum Gasteiger partial charge on any atom is -0.372 e. The van der Waals surface area contributed by atoms with Crippen molar-refractivity contribution >= 4 is 0 Å². The van der Waals surface area contributed by atoms with E-state index < -0.39 is 0 Å². The topological polar surface area (TPSA) is 3.24 Å². The number of nitrogens with zero attached hydrogens (tertiary/aromatic N) is 1. The second kappa shape index (κ2) is 5.23. The number of likely N-dealkylation sites (N-methyl/N-ethyl adjacent to an activating group) is 1.